The summed E-state index contributed by atoms with van der Waals surface area (Å²) in [5.41, 5.74) is 0.915. The zero-order chi connectivity index (χ0) is 11.5. The predicted molar refractivity (Wildman–Crippen MR) is 64.1 cm³/mol. The Morgan fingerprint density at radius 1 is 1.38 bits per heavy atom. The SMILES string of the molecule is O=C1CCOC[C@@H]1Cc1cc(Cl)ccc1Cl. The fourth-order valence-electron chi connectivity index (χ4n) is 1.83. The summed E-state index contributed by atoms with van der Waals surface area (Å²) in [4.78, 5) is 11.6. The highest BCUT2D eigenvalue weighted by atomic mass is 35.5. The molecule has 0 saturated carbocycles. The van der Waals surface area contributed by atoms with Crippen LogP contribution in [0.25, 0.3) is 0 Å². The first-order chi connectivity index (χ1) is 7.66. The van der Waals surface area contributed by atoms with Crippen LogP contribution in [0.1, 0.15) is 12.0 Å². The van der Waals surface area contributed by atoms with E-state index in [9.17, 15) is 4.79 Å². The van der Waals surface area contributed by atoms with Gasteiger partial charge in [-0.15, -0.1) is 0 Å². The van der Waals surface area contributed by atoms with Gasteiger partial charge in [0.1, 0.15) is 5.78 Å². The van der Waals surface area contributed by atoms with Gasteiger partial charge in [-0.25, -0.2) is 0 Å². The molecule has 2 nitrogen and oxygen atoms in total. The molecule has 1 aliphatic rings. The van der Waals surface area contributed by atoms with Crippen molar-refractivity contribution in [2.45, 2.75) is 12.8 Å². The molecule has 4 heteroatoms. The molecule has 16 heavy (non-hydrogen) atoms. The van der Waals surface area contributed by atoms with Gasteiger partial charge in [-0.05, 0) is 30.2 Å². The summed E-state index contributed by atoms with van der Waals surface area (Å²) in [6.45, 7) is 1.03. The summed E-state index contributed by atoms with van der Waals surface area (Å²) < 4.78 is 5.30. The van der Waals surface area contributed by atoms with Crippen LogP contribution in [0.5, 0.6) is 0 Å². The lowest BCUT2D eigenvalue weighted by Crippen LogP contribution is -2.29. The van der Waals surface area contributed by atoms with Gasteiger partial charge >= 0.3 is 0 Å². The summed E-state index contributed by atoms with van der Waals surface area (Å²) in [5.74, 6) is 0.173. The Kier molecular flexibility index (Phi) is 3.85. The maximum absolute atomic E-state index is 11.6. The molecule has 0 spiro atoms. The molecule has 1 aliphatic heterocycles. The number of ether oxygens (including phenoxy) is 1. The van der Waals surface area contributed by atoms with Gasteiger partial charge in [0.25, 0.3) is 0 Å². The molecular formula is C12H12Cl2O2. The smallest absolute Gasteiger partial charge is 0.140 e. The van der Waals surface area contributed by atoms with Crippen molar-refractivity contribution in [3.8, 4) is 0 Å². The van der Waals surface area contributed by atoms with Crippen molar-refractivity contribution in [2.24, 2.45) is 5.92 Å². The number of benzene rings is 1. The van der Waals surface area contributed by atoms with E-state index >= 15 is 0 Å². The van der Waals surface area contributed by atoms with Gasteiger partial charge in [0.15, 0.2) is 0 Å². The summed E-state index contributed by atoms with van der Waals surface area (Å²) in [6.07, 6.45) is 1.11. The lowest BCUT2D eigenvalue weighted by molar-refractivity contribution is -0.130. The molecule has 1 atom stereocenters. The first kappa shape index (κ1) is 11.9. The standard InChI is InChI=1S/C12H12Cl2O2/c13-10-1-2-11(14)8(6-10)5-9-7-16-4-3-12(9)15/h1-2,6,9H,3-5,7H2/t9-/m0/s1. The third-order valence-corrected chi connectivity index (χ3v) is 3.35. The Bertz CT molecular complexity index is 404. The Hall–Kier alpha value is -0.570. The highest BCUT2D eigenvalue weighted by Gasteiger charge is 2.23. The van der Waals surface area contributed by atoms with Crippen molar-refractivity contribution in [3.63, 3.8) is 0 Å². The topological polar surface area (TPSA) is 26.3 Å². The van der Waals surface area contributed by atoms with Crippen LogP contribution in [-0.4, -0.2) is 19.0 Å². The second kappa shape index (κ2) is 5.17. The van der Waals surface area contributed by atoms with E-state index in [1.165, 1.54) is 0 Å². The molecule has 0 amide bonds. The van der Waals surface area contributed by atoms with E-state index in [1.54, 1.807) is 12.1 Å². The van der Waals surface area contributed by atoms with Gasteiger partial charge in [0.05, 0.1) is 13.2 Å². The predicted octanol–water partition coefficient (Wildman–Crippen LogP) is 3.14. The Morgan fingerprint density at radius 3 is 2.94 bits per heavy atom. The van der Waals surface area contributed by atoms with Crippen molar-refractivity contribution in [1.29, 1.82) is 0 Å². The van der Waals surface area contributed by atoms with Crippen LogP contribution in [-0.2, 0) is 16.0 Å². The minimum atomic E-state index is -0.0790. The average molecular weight is 259 g/mol. The monoisotopic (exact) mass is 258 g/mol. The maximum Gasteiger partial charge on any atom is 0.140 e. The molecule has 0 N–H and O–H groups in total. The van der Waals surface area contributed by atoms with Crippen LogP contribution in [0.15, 0.2) is 18.2 Å². The zero-order valence-corrected chi connectivity index (χ0v) is 10.2. The van der Waals surface area contributed by atoms with Gasteiger partial charge < -0.3 is 4.74 Å². The molecule has 0 bridgehead atoms. The Morgan fingerprint density at radius 2 is 2.19 bits per heavy atom. The minimum absolute atomic E-state index is 0.0790. The van der Waals surface area contributed by atoms with Gasteiger partial charge in [0, 0.05) is 22.4 Å². The molecule has 1 aromatic carbocycles. The molecule has 1 fully saturated rings. The van der Waals surface area contributed by atoms with Crippen LogP contribution in [0.2, 0.25) is 10.0 Å². The molecule has 86 valence electrons. The van der Waals surface area contributed by atoms with E-state index in [2.05, 4.69) is 0 Å². The van der Waals surface area contributed by atoms with Crippen LogP contribution in [0.4, 0.5) is 0 Å². The first-order valence-corrected chi connectivity index (χ1v) is 5.97. The molecule has 1 heterocycles. The van der Waals surface area contributed by atoms with E-state index < -0.39 is 0 Å². The number of hydrogen-bond acceptors (Lipinski definition) is 2. The molecule has 1 saturated heterocycles. The van der Waals surface area contributed by atoms with Crippen molar-refractivity contribution >= 4 is 29.0 Å². The highest BCUT2D eigenvalue weighted by Crippen LogP contribution is 2.25. The Balaban J connectivity index is 2.13. The highest BCUT2D eigenvalue weighted by molar-refractivity contribution is 6.33. The van der Waals surface area contributed by atoms with Crippen LogP contribution in [0.3, 0.4) is 0 Å². The number of hydrogen-bond donors (Lipinski definition) is 0. The van der Waals surface area contributed by atoms with E-state index in [4.69, 9.17) is 27.9 Å². The molecule has 0 radical (unpaired) electrons. The minimum Gasteiger partial charge on any atom is -0.380 e. The average Bonchev–Trinajstić information content (AvgIpc) is 2.27. The van der Waals surface area contributed by atoms with Gasteiger partial charge in [-0.2, -0.15) is 0 Å². The lowest BCUT2D eigenvalue weighted by Gasteiger charge is -2.21. The van der Waals surface area contributed by atoms with Crippen LogP contribution in [0, 0.1) is 5.92 Å². The zero-order valence-electron chi connectivity index (χ0n) is 8.71. The molecule has 1 aromatic rings. The summed E-state index contributed by atoms with van der Waals surface area (Å²) in [7, 11) is 0. The number of carbonyl (C=O) groups excluding carboxylic acids is 1. The molecular weight excluding hydrogens is 247 g/mol. The summed E-state index contributed by atoms with van der Waals surface area (Å²) >= 11 is 11.9. The second-order valence-corrected chi connectivity index (χ2v) is 4.77. The number of ketones is 1. The number of halogens is 2. The fraction of sp³-hybridized carbons (Fsp3) is 0.417. The molecule has 2 rings (SSSR count). The van der Waals surface area contributed by atoms with E-state index in [1.807, 2.05) is 6.07 Å². The van der Waals surface area contributed by atoms with Crippen molar-refractivity contribution < 1.29 is 9.53 Å². The lowest BCUT2D eigenvalue weighted by atomic mass is 9.93. The largest absolute Gasteiger partial charge is 0.380 e. The van der Waals surface area contributed by atoms with Gasteiger partial charge in [0.2, 0.25) is 0 Å². The van der Waals surface area contributed by atoms with Gasteiger partial charge in [-0.3, -0.25) is 4.79 Å². The molecule has 0 aromatic heterocycles. The first-order valence-electron chi connectivity index (χ1n) is 5.21. The molecule has 0 unspecified atom stereocenters. The van der Waals surface area contributed by atoms with Crippen LogP contribution >= 0.6 is 23.2 Å². The van der Waals surface area contributed by atoms with Crippen LogP contribution < -0.4 is 0 Å². The maximum atomic E-state index is 11.6. The number of Topliss-reactive ketones (excluding diaryl/α,β-unsaturated/α-hetero) is 1. The Labute approximate surface area is 104 Å². The number of rotatable bonds is 2. The second-order valence-electron chi connectivity index (χ2n) is 3.93. The van der Waals surface area contributed by atoms with Crippen molar-refractivity contribution in [1.82, 2.24) is 0 Å². The van der Waals surface area contributed by atoms with E-state index in [0.29, 0.717) is 36.1 Å². The number of carbonyl (C=O) groups is 1. The quantitative estimate of drug-likeness (QED) is 0.815. The normalized spacial score (nSPS) is 21.1. The summed E-state index contributed by atoms with van der Waals surface area (Å²) in [5, 5.41) is 1.30. The van der Waals surface area contributed by atoms with Crippen molar-refractivity contribution in [3.05, 3.63) is 33.8 Å². The van der Waals surface area contributed by atoms with E-state index in [0.717, 1.165) is 5.56 Å². The molecule has 0 aliphatic carbocycles. The third kappa shape index (κ3) is 2.76. The third-order valence-electron chi connectivity index (χ3n) is 2.74. The van der Waals surface area contributed by atoms with E-state index in [-0.39, 0.29) is 11.7 Å². The summed E-state index contributed by atoms with van der Waals surface area (Å²) in [6, 6.07) is 5.31. The fourth-order valence-corrected chi connectivity index (χ4v) is 2.22. The van der Waals surface area contributed by atoms with Crippen molar-refractivity contribution in [2.75, 3.05) is 13.2 Å². The van der Waals surface area contributed by atoms with Gasteiger partial charge in [-0.1, -0.05) is 23.2 Å².